The second kappa shape index (κ2) is 5.80. The Labute approximate surface area is 162 Å². The lowest BCUT2D eigenvalue weighted by Crippen LogP contribution is -2.69. The molecule has 1 unspecified atom stereocenters. The molecule has 0 radical (unpaired) electrons. The number of allylic oxidation sites excluding steroid dienone is 4. The molecule has 3 fully saturated rings. The SMILES string of the molecule is C[C@]12C=CC(=O)C=C1CC[C@H]1[C@@H]3CC(F)[C@](O)(C(=O)CO)[C@@]3(C)C[C@H](O)[C@@]12F. The molecule has 0 bridgehead atoms. The van der Waals surface area contributed by atoms with Gasteiger partial charge in [-0.1, -0.05) is 18.6 Å². The molecule has 28 heavy (non-hydrogen) atoms. The normalized spacial score (nSPS) is 52.5. The van der Waals surface area contributed by atoms with Crippen molar-refractivity contribution in [2.75, 3.05) is 6.61 Å². The molecule has 5 nitrogen and oxygen atoms in total. The van der Waals surface area contributed by atoms with Crippen LogP contribution in [0.4, 0.5) is 8.78 Å². The number of carbonyl (C=O) groups is 2. The van der Waals surface area contributed by atoms with Crippen molar-refractivity contribution < 1.29 is 33.7 Å². The van der Waals surface area contributed by atoms with Crippen LogP contribution in [0.15, 0.2) is 23.8 Å². The van der Waals surface area contributed by atoms with Crippen LogP contribution in [0.5, 0.6) is 0 Å². The molecule has 0 heterocycles. The highest BCUT2D eigenvalue weighted by molar-refractivity contribution is 6.01. The first kappa shape index (κ1) is 19.9. The van der Waals surface area contributed by atoms with Gasteiger partial charge in [-0.2, -0.15) is 0 Å². The Bertz CT molecular complexity index is 809. The van der Waals surface area contributed by atoms with Crippen molar-refractivity contribution in [3.63, 3.8) is 0 Å². The lowest BCUT2D eigenvalue weighted by Gasteiger charge is -2.62. The zero-order valence-electron chi connectivity index (χ0n) is 16.0. The number of halogens is 2. The van der Waals surface area contributed by atoms with E-state index in [-0.39, 0.29) is 25.0 Å². The highest BCUT2D eigenvalue weighted by Crippen LogP contribution is 2.70. The van der Waals surface area contributed by atoms with Gasteiger partial charge < -0.3 is 15.3 Å². The van der Waals surface area contributed by atoms with Gasteiger partial charge in [0, 0.05) is 16.7 Å². The van der Waals surface area contributed by atoms with Gasteiger partial charge in [0.05, 0.1) is 6.10 Å². The number of carbonyl (C=O) groups excluding carboxylic acids is 2. The van der Waals surface area contributed by atoms with Gasteiger partial charge in [-0.15, -0.1) is 0 Å². The van der Waals surface area contributed by atoms with Crippen LogP contribution in [0.1, 0.15) is 39.5 Å². The average Bonchev–Trinajstić information content (AvgIpc) is 2.84. The van der Waals surface area contributed by atoms with Gasteiger partial charge in [-0.05, 0) is 50.7 Å². The minimum absolute atomic E-state index is 0.209. The van der Waals surface area contributed by atoms with Crippen LogP contribution in [-0.4, -0.2) is 57.0 Å². The third-order valence-electron chi connectivity index (χ3n) is 8.38. The number of aliphatic hydroxyl groups is 3. The van der Waals surface area contributed by atoms with E-state index in [0.29, 0.717) is 12.0 Å². The van der Waals surface area contributed by atoms with Gasteiger partial charge in [-0.3, -0.25) is 9.59 Å². The molecule has 0 aromatic heterocycles. The summed E-state index contributed by atoms with van der Waals surface area (Å²) >= 11 is 0. The van der Waals surface area contributed by atoms with Crippen molar-refractivity contribution >= 4 is 11.6 Å². The molecule has 154 valence electrons. The maximum Gasteiger partial charge on any atom is 0.193 e. The van der Waals surface area contributed by atoms with Crippen molar-refractivity contribution in [3.8, 4) is 0 Å². The third kappa shape index (κ3) is 2.00. The van der Waals surface area contributed by atoms with Gasteiger partial charge in [0.2, 0.25) is 0 Å². The first-order valence-electron chi connectivity index (χ1n) is 9.78. The Morgan fingerprint density at radius 3 is 2.64 bits per heavy atom. The Morgan fingerprint density at radius 2 is 2.00 bits per heavy atom. The van der Waals surface area contributed by atoms with Crippen LogP contribution in [0.3, 0.4) is 0 Å². The van der Waals surface area contributed by atoms with Crippen LogP contribution in [0, 0.1) is 22.7 Å². The Morgan fingerprint density at radius 1 is 1.32 bits per heavy atom. The lowest BCUT2D eigenvalue weighted by molar-refractivity contribution is -0.220. The van der Waals surface area contributed by atoms with Crippen molar-refractivity contribution in [2.24, 2.45) is 22.7 Å². The molecule has 0 aromatic carbocycles. The number of Topliss-reactive ketones (excluding diaryl/α,β-unsaturated/α-hetero) is 1. The fraction of sp³-hybridized carbons (Fsp3) is 0.714. The number of hydrogen-bond acceptors (Lipinski definition) is 5. The van der Waals surface area contributed by atoms with Crippen LogP contribution in [-0.2, 0) is 9.59 Å². The summed E-state index contributed by atoms with van der Waals surface area (Å²) in [5, 5.41) is 31.3. The quantitative estimate of drug-likeness (QED) is 0.659. The van der Waals surface area contributed by atoms with Gasteiger partial charge in [0.1, 0.15) is 12.8 Å². The van der Waals surface area contributed by atoms with E-state index < -0.39 is 58.6 Å². The van der Waals surface area contributed by atoms with Crippen LogP contribution < -0.4 is 0 Å². The van der Waals surface area contributed by atoms with Crippen molar-refractivity contribution in [2.45, 2.75) is 63.1 Å². The average molecular weight is 396 g/mol. The standard InChI is InChI=1S/C21H26F2O5/c1-18-6-5-12(25)7-11(18)3-4-13-14-8-15(22)21(28,17(27)10-24)19(14,2)9-16(26)20(13,18)23/h5-7,13-16,24,26,28H,3-4,8-10H2,1-2H3/t13-,14-,15?,16-,18-,19-,20-,21-/m0/s1. The summed E-state index contributed by atoms with van der Waals surface area (Å²) in [4.78, 5) is 24.1. The predicted molar refractivity (Wildman–Crippen MR) is 95.7 cm³/mol. The Kier molecular flexibility index (Phi) is 4.11. The molecule has 3 N–H and O–H groups in total. The van der Waals surface area contributed by atoms with E-state index in [9.17, 15) is 29.3 Å². The summed E-state index contributed by atoms with van der Waals surface area (Å²) < 4.78 is 31.7. The smallest absolute Gasteiger partial charge is 0.193 e. The number of aliphatic hydroxyl groups excluding tert-OH is 2. The van der Waals surface area contributed by atoms with Gasteiger partial charge >= 0.3 is 0 Å². The molecule has 0 amide bonds. The minimum atomic E-state index is -2.45. The van der Waals surface area contributed by atoms with E-state index in [2.05, 4.69) is 0 Å². The molecule has 4 aliphatic rings. The van der Waals surface area contributed by atoms with Crippen molar-refractivity contribution in [1.29, 1.82) is 0 Å². The molecule has 7 heteroatoms. The van der Waals surface area contributed by atoms with Crippen LogP contribution in [0.2, 0.25) is 0 Å². The molecule has 8 atom stereocenters. The second-order valence-corrected chi connectivity index (χ2v) is 9.32. The molecular weight excluding hydrogens is 370 g/mol. The first-order chi connectivity index (χ1) is 13.0. The molecule has 0 aromatic rings. The molecule has 4 aliphatic carbocycles. The highest BCUT2D eigenvalue weighted by atomic mass is 19.1. The summed E-state index contributed by atoms with van der Waals surface area (Å²) in [6.07, 6.45) is 0.895. The molecule has 3 saturated carbocycles. The van der Waals surface area contributed by atoms with Crippen LogP contribution >= 0.6 is 0 Å². The number of rotatable bonds is 2. The monoisotopic (exact) mass is 396 g/mol. The predicted octanol–water partition coefficient (Wildman–Crippen LogP) is 1.60. The number of ketones is 2. The number of hydrogen-bond donors (Lipinski definition) is 3. The molecule has 0 spiro atoms. The van der Waals surface area contributed by atoms with Gasteiger partial charge in [0.15, 0.2) is 22.8 Å². The summed E-state index contributed by atoms with van der Waals surface area (Å²) in [7, 11) is 0. The molecule has 0 saturated heterocycles. The fourth-order valence-corrected chi connectivity index (χ4v) is 6.80. The van der Waals surface area contributed by atoms with E-state index in [1.54, 1.807) is 6.92 Å². The van der Waals surface area contributed by atoms with Gasteiger partial charge in [0.25, 0.3) is 0 Å². The zero-order chi connectivity index (χ0) is 20.7. The van der Waals surface area contributed by atoms with E-state index in [1.807, 2.05) is 0 Å². The third-order valence-corrected chi connectivity index (χ3v) is 8.38. The number of fused-ring (bicyclic) bond motifs is 5. The zero-order valence-corrected chi connectivity index (χ0v) is 16.0. The summed E-state index contributed by atoms with van der Waals surface area (Å²) in [5.74, 6) is -2.73. The van der Waals surface area contributed by atoms with Crippen molar-refractivity contribution in [3.05, 3.63) is 23.8 Å². The summed E-state index contributed by atoms with van der Waals surface area (Å²) in [6.45, 7) is 2.14. The lowest BCUT2D eigenvalue weighted by atomic mass is 9.44. The fourth-order valence-electron chi connectivity index (χ4n) is 6.80. The first-order valence-corrected chi connectivity index (χ1v) is 9.78. The van der Waals surface area contributed by atoms with E-state index in [4.69, 9.17) is 0 Å². The summed E-state index contributed by atoms with van der Waals surface area (Å²) in [5.41, 5.74) is -6.59. The topological polar surface area (TPSA) is 94.8 Å². The maximum atomic E-state index is 16.7. The van der Waals surface area contributed by atoms with Crippen molar-refractivity contribution in [1.82, 2.24) is 0 Å². The van der Waals surface area contributed by atoms with Gasteiger partial charge in [-0.25, -0.2) is 8.78 Å². The van der Waals surface area contributed by atoms with Crippen LogP contribution in [0.25, 0.3) is 0 Å². The Balaban J connectivity index is 1.84. The Hall–Kier alpha value is -1.44. The van der Waals surface area contributed by atoms with E-state index in [1.165, 1.54) is 25.2 Å². The highest BCUT2D eigenvalue weighted by Gasteiger charge is 2.76. The summed E-state index contributed by atoms with van der Waals surface area (Å²) in [6, 6.07) is 0. The maximum absolute atomic E-state index is 16.7. The minimum Gasteiger partial charge on any atom is -0.390 e. The van der Waals surface area contributed by atoms with E-state index in [0.717, 1.165) is 0 Å². The molecule has 0 aliphatic heterocycles. The second-order valence-electron chi connectivity index (χ2n) is 9.32. The molecule has 4 rings (SSSR count). The largest absolute Gasteiger partial charge is 0.390 e. The van der Waals surface area contributed by atoms with E-state index >= 15 is 4.39 Å². The number of alkyl halides is 2. The molecular formula is C21H26F2O5.